The Bertz CT molecular complexity index is 671. The Labute approximate surface area is 113 Å². The van der Waals surface area contributed by atoms with Crippen LogP contribution < -0.4 is 5.73 Å². The summed E-state index contributed by atoms with van der Waals surface area (Å²) in [5.41, 5.74) is 6.17. The third kappa shape index (κ3) is 2.58. The molecule has 98 valence electrons. The Kier molecular flexibility index (Phi) is 3.53. The molecule has 0 bridgehead atoms. The second-order valence-corrected chi connectivity index (χ2v) is 4.55. The summed E-state index contributed by atoms with van der Waals surface area (Å²) < 4.78 is 26.5. The summed E-state index contributed by atoms with van der Waals surface area (Å²) in [5.74, 6) is -1.62. The minimum atomic E-state index is -0.576. The molecule has 0 saturated heterocycles. The van der Waals surface area contributed by atoms with Crippen LogP contribution in [0.5, 0.6) is 0 Å². The Hall–Kier alpha value is -1.94. The van der Waals surface area contributed by atoms with Crippen molar-refractivity contribution in [2.75, 3.05) is 5.73 Å². The van der Waals surface area contributed by atoms with E-state index in [0.717, 1.165) is 18.2 Å². The fourth-order valence-corrected chi connectivity index (χ4v) is 1.94. The van der Waals surface area contributed by atoms with E-state index < -0.39 is 17.4 Å². The van der Waals surface area contributed by atoms with E-state index in [2.05, 4.69) is 0 Å². The topological polar surface area (TPSA) is 43.1 Å². The van der Waals surface area contributed by atoms with Gasteiger partial charge in [-0.25, -0.2) is 8.78 Å². The van der Waals surface area contributed by atoms with Crippen LogP contribution in [-0.4, -0.2) is 5.78 Å². The van der Waals surface area contributed by atoms with Crippen LogP contribution in [0.3, 0.4) is 0 Å². The van der Waals surface area contributed by atoms with E-state index in [0.29, 0.717) is 0 Å². The second-order valence-electron chi connectivity index (χ2n) is 4.14. The highest BCUT2D eigenvalue weighted by Crippen LogP contribution is 2.25. The average Bonchev–Trinajstić information content (AvgIpc) is 2.36. The maximum atomic E-state index is 13.3. The van der Waals surface area contributed by atoms with Crippen molar-refractivity contribution in [1.82, 2.24) is 0 Å². The van der Waals surface area contributed by atoms with Gasteiger partial charge in [0.25, 0.3) is 0 Å². The van der Waals surface area contributed by atoms with Crippen molar-refractivity contribution in [1.29, 1.82) is 0 Å². The molecule has 0 atom stereocenters. The standard InChI is InChI=1S/C14H10ClF2NO/c1-7-4-9(11(15)6-12(7)17)14(19)10-5-8(16)2-3-13(10)18/h2-6H,18H2,1H3. The molecule has 0 aliphatic rings. The molecule has 2 N–H and O–H groups in total. The zero-order valence-corrected chi connectivity index (χ0v) is 10.8. The van der Waals surface area contributed by atoms with Gasteiger partial charge >= 0.3 is 0 Å². The molecule has 0 unspecified atom stereocenters. The number of carbonyl (C=O) groups is 1. The molecule has 19 heavy (non-hydrogen) atoms. The summed E-state index contributed by atoms with van der Waals surface area (Å²) in [6, 6.07) is 5.87. The second kappa shape index (κ2) is 4.97. The summed E-state index contributed by atoms with van der Waals surface area (Å²) in [6.45, 7) is 1.51. The number of anilines is 1. The molecule has 0 fully saturated rings. The molecular formula is C14H10ClF2NO. The first kappa shape index (κ1) is 13.5. The molecule has 0 aromatic heterocycles. The van der Waals surface area contributed by atoms with E-state index in [-0.39, 0.29) is 27.4 Å². The van der Waals surface area contributed by atoms with Crippen LogP contribution in [0.2, 0.25) is 5.02 Å². The number of ketones is 1. The predicted octanol–water partition coefficient (Wildman–Crippen LogP) is 3.74. The summed E-state index contributed by atoms with van der Waals surface area (Å²) in [7, 11) is 0. The van der Waals surface area contributed by atoms with Crippen molar-refractivity contribution in [2.24, 2.45) is 0 Å². The highest BCUT2D eigenvalue weighted by Gasteiger charge is 2.18. The normalized spacial score (nSPS) is 10.5. The average molecular weight is 282 g/mol. The number of hydrogen-bond acceptors (Lipinski definition) is 2. The van der Waals surface area contributed by atoms with Crippen molar-refractivity contribution >= 4 is 23.1 Å². The van der Waals surface area contributed by atoms with Crippen molar-refractivity contribution in [2.45, 2.75) is 6.92 Å². The summed E-state index contributed by atoms with van der Waals surface area (Å²) >= 11 is 5.84. The number of nitrogen functional groups attached to an aromatic ring is 1. The van der Waals surface area contributed by atoms with E-state index in [1.165, 1.54) is 19.1 Å². The van der Waals surface area contributed by atoms with Gasteiger partial charge in [-0.05, 0) is 42.8 Å². The fourth-order valence-electron chi connectivity index (χ4n) is 1.70. The lowest BCUT2D eigenvalue weighted by atomic mass is 10.00. The number of aryl methyl sites for hydroxylation is 1. The minimum Gasteiger partial charge on any atom is -0.398 e. The SMILES string of the molecule is Cc1cc(C(=O)c2cc(F)ccc2N)c(Cl)cc1F. The van der Waals surface area contributed by atoms with Crippen LogP contribution in [-0.2, 0) is 0 Å². The molecule has 2 rings (SSSR count). The number of halogens is 3. The van der Waals surface area contributed by atoms with Gasteiger partial charge in [0.05, 0.1) is 5.02 Å². The van der Waals surface area contributed by atoms with Crippen LogP contribution >= 0.6 is 11.6 Å². The van der Waals surface area contributed by atoms with Crippen LogP contribution in [0.15, 0.2) is 30.3 Å². The smallest absolute Gasteiger partial charge is 0.196 e. The van der Waals surface area contributed by atoms with Crippen LogP contribution in [0.25, 0.3) is 0 Å². The van der Waals surface area contributed by atoms with E-state index in [1.807, 2.05) is 0 Å². The predicted molar refractivity (Wildman–Crippen MR) is 70.4 cm³/mol. The Morgan fingerprint density at radius 3 is 2.53 bits per heavy atom. The van der Waals surface area contributed by atoms with E-state index in [4.69, 9.17) is 17.3 Å². The van der Waals surface area contributed by atoms with E-state index in [9.17, 15) is 13.6 Å². The van der Waals surface area contributed by atoms with Gasteiger partial charge in [0, 0.05) is 16.8 Å². The van der Waals surface area contributed by atoms with Crippen molar-refractivity contribution in [3.8, 4) is 0 Å². The molecule has 5 heteroatoms. The van der Waals surface area contributed by atoms with Gasteiger partial charge in [0.1, 0.15) is 11.6 Å². The summed E-state index contributed by atoms with van der Waals surface area (Å²) in [5, 5.41) is -0.0308. The molecule has 0 radical (unpaired) electrons. The minimum absolute atomic E-state index is 0.00732. The zero-order valence-electron chi connectivity index (χ0n) is 10.0. The largest absolute Gasteiger partial charge is 0.398 e. The maximum absolute atomic E-state index is 13.3. The van der Waals surface area contributed by atoms with Crippen molar-refractivity contribution < 1.29 is 13.6 Å². The van der Waals surface area contributed by atoms with Gasteiger partial charge in [-0.3, -0.25) is 4.79 Å². The molecule has 0 spiro atoms. The first-order valence-corrected chi connectivity index (χ1v) is 5.83. The molecule has 2 nitrogen and oxygen atoms in total. The molecule has 2 aromatic carbocycles. The third-order valence-corrected chi connectivity index (χ3v) is 3.07. The lowest BCUT2D eigenvalue weighted by Crippen LogP contribution is -2.07. The molecule has 0 amide bonds. The lowest BCUT2D eigenvalue weighted by molar-refractivity contribution is 0.103. The maximum Gasteiger partial charge on any atom is 0.196 e. The summed E-state index contributed by atoms with van der Waals surface area (Å²) in [4.78, 5) is 12.3. The van der Waals surface area contributed by atoms with E-state index in [1.54, 1.807) is 0 Å². The monoisotopic (exact) mass is 281 g/mol. The Balaban J connectivity index is 2.56. The number of hydrogen-bond donors (Lipinski definition) is 1. The molecule has 2 aromatic rings. The summed E-state index contributed by atoms with van der Waals surface area (Å²) in [6.07, 6.45) is 0. The Morgan fingerprint density at radius 2 is 1.84 bits per heavy atom. The molecule has 0 aliphatic heterocycles. The van der Waals surface area contributed by atoms with E-state index >= 15 is 0 Å². The molecule has 0 heterocycles. The number of nitrogens with two attached hydrogens (primary N) is 1. The van der Waals surface area contributed by atoms with Gasteiger partial charge in [0.15, 0.2) is 5.78 Å². The molecular weight excluding hydrogens is 272 g/mol. The van der Waals surface area contributed by atoms with Gasteiger partial charge in [-0.15, -0.1) is 0 Å². The highest BCUT2D eigenvalue weighted by atomic mass is 35.5. The number of rotatable bonds is 2. The fraction of sp³-hybridized carbons (Fsp3) is 0.0714. The first-order chi connectivity index (χ1) is 8.90. The molecule has 0 aliphatic carbocycles. The van der Waals surface area contributed by atoms with Gasteiger partial charge in [-0.1, -0.05) is 11.6 Å². The quantitative estimate of drug-likeness (QED) is 0.673. The third-order valence-electron chi connectivity index (χ3n) is 2.75. The van der Waals surface area contributed by atoms with Crippen LogP contribution in [0.1, 0.15) is 21.5 Å². The lowest BCUT2D eigenvalue weighted by Gasteiger charge is -2.08. The van der Waals surface area contributed by atoms with Crippen LogP contribution in [0.4, 0.5) is 14.5 Å². The van der Waals surface area contributed by atoms with Gasteiger partial charge < -0.3 is 5.73 Å². The van der Waals surface area contributed by atoms with Gasteiger partial charge in [-0.2, -0.15) is 0 Å². The highest BCUT2D eigenvalue weighted by molar-refractivity contribution is 6.35. The zero-order chi connectivity index (χ0) is 14.2. The number of carbonyl (C=O) groups excluding carboxylic acids is 1. The Morgan fingerprint density at radius 1 is 1.16 bits per heavy atom. The number of benzene rings is 2. The van der Waals surface area contributed by atoms with Gasteiger partial charge in [0.2, 0.25) is 0 Å². The first-order valence-electron chi connectivity index (χ1n) is 5.45. The van der Waals surface area contributed by atoms with Crippen molar-refractivity contribution in [3.63, 3.8) is 0 Å². The molecule has 0 saturated carbocycles. The van der Waals surface area contributed by atoms with Crippen molar-refractivity contribution in [3.05, 3.63) is 63.7 Å². The van der Waals surface area contributed by atoms with Crippen LogP contribution in [0, 0.1) is 18.6 Å².